The highest BCUT2D eigenvalue weighted by Crippen LogP contribution is 2.25. The molecule has 1 N–H and O–H groups in total. The van der Waals surface area contributed by atoms with E-state index < -0.39 is 0 Å². The third-order valence-corrected chi connectivity index (χ3v) is 3.50. The maximum atomic E-state index is 11.9. The van der Waals surface area contributed by atoms with E-state index in [9.17, 15) is 4.79 Å². The molecule has 0 aromatic heterocycles. The summed E-state index contributed by atoms with van der Waals surface area (Å²) in [5.74, 6) is 0.967. The van der Waals surface area contributed by atoms with E-state index in [1.54, 1.807) is 12.0 Å². The average Bonchev–Trinajstić information content (AvgIpc) is 2.39. The van der Waals surface area contributed by atoms with Gasteiger partial charge in [-0.05, 0) is 53.6 Å². The van der Waals surface area contributed by atoms with E-state index in [-0.39, 0.29) is 5.91 Å². The summed E-state index contributed by atoms with van der Waals surface area (Å²) in [5, 5.41) is 3.04. The van der Waals surface area contributed by atoms with E-state index in [1.165, 1.54) is 0 Å². The maximum Gasteiger partial charge on any atom is 0.222 e. The van der Waals surface area contributed by atoms with Crippen LogP contribution in [0.25, 0.3) is 0 Å². The molecule has 106 valence electrons. The lowest BCUT2D eigenvalue weighted by atomic mass is 10.2. The van der Waals surface area contributed by atoms with Crippen molar-refractivity contribution in [1.29, 1.82) is 0 Å². The van der Waals surface area contributed by atoms with E-state index in [0.717, 1.165) is 28.8 Å². The zero-order chi connectivity index (χ0) is 14.3. The number of nitrogens with zero attached hydrogens (tertiary/aromatic N) is 1. The molecular weight excluding hydrogens is 308 g/mol. The molecule has 5 heteroatoms. The minimum atomic E-state index is 0.169. The Morgan fingerprint density at radius 2 is 2.21 bits per heavy atom. The summed E-state index contributed by atoms with van der Waals surface area (Å²) in [7, 11) is 5.36. The van der Waals surface area contributed by atoms with Gasteiger partial charge in [-0.1, -0.05) is 6.07 Å². The molecule has 4 nitrogen and oxygen atoms in total. The molecule has 0 unspecified atom stereocenters. The predicted octanol–water partition coefficient (Wildman–Crippen LogP) is 2.42. The van der Waals surface area contributed by atoms with Crippen molar-refractivity contribution >= 4 is 21.8 Å². The quantitative estimate of drug-likeness (QED) is 0.781. The lowest BCUT2D eigenvalue weighted by Gasteiger charge is -2.18. The first-order valence-electron chi connectivity index (χ1n) is 6.29. The largest absolute Gasteiger partial charge is 0.496 e. The van der Waals surface area contributed by atoms with Crippen molar-refractivity contribution in [2.45, 2.75) is 19.4 Å². The Kier molecular flexibility index (Phi) is 6.87. The third kappa shape index (κ3) is 5.20. The molecule has 0 bridgehead atoms. The van der Waals surface area contributed by atoms with Crippen LogP contribution in [-0.2, 0) is 11.3 Å². The lowest BCUT2D eigenvalue weighted by Crippen LogP contribution is -2.26. The van der Waals surface area contributed by atoms with Gasteiger partial charge in [0.1, 0.15) is 5.75 Å². The van der Waals surface area contributed by atoms with Gasteiger partial charge < -0.3 is 15.0 Å². The fourth-order valence-electron chi connectivity index (χ4n) is 1.78. The van der Waals surface area contributed by atoms with Crippen LogP contribution in [0.1, 0.15) is 18.4 Å². The van der Waals surface area contributed by atoms with Crippen molar-refractivity contribution in [2.75, 3.05) is 27.7 Å². The van der Waals surface area contributed by atoms with Crippen molar-refractivity contribution in [3.05, 3.63) is 28.2 Å². The van der Waals surface area contributed by atoms with Crippen LogP contribution in [0, 0.1) is 0 Å². The Labute approximate surface area is 123 Å². The standard InChI is InChI=1S/C14H21BrN2O2/c1-16-8-4-5-14(18)17(2)10-11-6-7-13(19-3)12(15)9-11/h6-7,9,16H,4-5,8,10H2,1-3H3. The molecule has 0 aliphatic heterocycles. The summed E-state index contributed by atoms with van der Waals surface area (Å²) in [6, 6.07) is 5.86. The molecule has 0 fully saturated rings. The molecule has 0 spiro atoms. The Hall–Kier alpha value is -1.07. The summed E-state index contributed by atoms with van der Waals surface area (Å²) < 4.78 is 6.09. The highest BCUT2D eigenvalue weighted by molar-refractivity contribution is 9.10. The Morgan fingerprint density at radius 3 is 2.79 bits per heavy atom. The second-order valence-electron chi connectivity index (χ2n) is 4.43. The van der Waals surface area contributed by atoms with Gasteiger partial charge in [0.25, 0.3) is 0 Å². The summed E-state index contributed by atoms with van der Waals surface area (Å²) in [5.41, 5.74) is 1.08. The van der Waals surface area contributed by atoms with Crippen molar-refractivity contribution in [2.24, 2.45) is 0 Å². The summed E-state index contributed by atoms with van der Waals surface area (Å²) in [6.45, 7) is 1.48. The van der Waals surface area contributed by atoms with Crippen molar-refractivity contribution in [3.8, 4) is 5.75 Å². The number of halogens is 1. The summed E-state index contributed by atoms with van der Waals surface area (Å²) in [6.07, 6.45) is 1.45. The Bertz CT molecular complexity index is 424. The molecule has 0 saturated heterocycles. The normalized spacial score (nSPS) is 10.3. The van der Waals surface area contributed by atoms with E-state index in [4.69, 9.17) is 4.74 Å². The molecular formula is C14H21BrN2O2. The molecule has 0 atom stereocenters. The van der Waals surface area contributed by atoms with Crippen LogP contribution in [0.15, 0.2) is 22.7 Å². The van der Waals surface area contributed by atoms with Gasteiger partial charge in [0.05, 0.1) is 11.6 Å². The molecule has 0 aliphatic rings. The smallest absolute Gasteiger partial charge is 0.222 e. The van der Waals surface area contributed by atoms with Crippen LogP contribution in [0.4, 0.5) is 0 Å². The van der Waals surface area contributed by atoms with Crippen LogP contribution in [0.5, 0.6) is 5.75 Å². The van der Waals surface area contributed by atoms with E-state index in [2.05, 4.69) is 21.2 Å². The van der Waals surface area contributed by atoms with E-state index in [0.29, 0.717) is 13.0 Å². The maximum absolute atomic E-state index is 11.9. The van der Waals surface area contributed by atoms with Crippen molar-refractivity contribution in [1.82, 2.24) is 10.2 Å². The number of carbonyl (C=O) groups is 1. The van der Waals surface area contributed by atoms with Crippen molar-refractivity contribution in [3.63, 3.8) is 0 Å². The molecule has 19 heavy (non-hydrogen) atoms. The summed E-state index contributed by atoms with van der Waals surface area (Å²) in [4.78, 5) is 13.6. The van der Waals surface area contributed by atoms with Crippen LogP contribution >= 0.6 is 15.9 Å². The monoisotopic (exact) mass is 328 g/mol. The fourth-order valence-corrected chi connectivity index (χ4v) is 2.37. The number of carbonyl (C=O) groups excluding carboxylic acids is 1. The molecule has 0 saturated carbocycles. The zero-order valence-corrected chi connectivity index (χ0v) is 13.3. The van der Waals surface area contributed by atoms with Gasteiger partial charge in [0, 0.05) is 20.0 Å². The first-order valence-corrected chi connectivity index (χ1v) is 7.08. The number of nitrogens with one attached hydrogen (secondary N) is 1. The molecule has 1 amide bonds. The number of hydrogen-bond donors (Lipinski definition) is 1. The lowest BCUT2D eigenvalue weighted by molar-refractivity contribution is -0.130. The minimum Gasteiger partial charge on any atom is -0.496 e. The molecule has 0 aliphatic carbocycles. The Balaban J connectivity index is 2.54. The van der Waals surface area contributed by atoms with Crippen LogP contribution in [0.2, 0.25) is 0 Å². The minimum absolute atomic E-state index is 0.169. The summed E-state index contributed by atoms with van der Waals surface area (Å²) >= 11 is 3.45. The number of methoxy groups -OCH3 is 1. The zero-order valence-electron chi connectivity index (χ0n) is 11.7. The highest BCUT2D eigenvalue weighted by Gasteiger charge is 2.10. The number of ether oxygens (including phenoxy) is 1. The van der Waals surface area contributed by atoms with Crippen LogP contribution < -0.4 is 10.1 Å². The van der Waals surface area contributed by atoms with Gasteiger partial charge in [-0.15, -0.1) is 0 Å². The number of rotatable bonds is 7. The second kappa shape index (κ2) is 8.17. The van der Waals surface area contributed by atoms with Crippen molar-refractivity contribution < 1.29 is 9.53 Å². The first kappa shape index (κ1) is 16.0. The fraction of sp³-hybridized carbons (Fsp3) is 0.500. The van der Waals surface area contributed by atoms with Gasteiger partial charge in [0.2, 0.25) is 5.91 Å². The highest BCUT2D eigenvalue weighted by atomic mass is 79.9. The first-order chi connectivity index (χ1) is 9.08. The van der Waals surface area contributed by atoms with Gasteiger partial charge >= 0.3 is 0 Å². The molecule has 1 aromatic carbocycles. The topological polar surface area (TPSA) is 41.6 Å². The Morgan fingerprint density at radius 1 is 1.47 bits per heavy atom. The van der Waals surface area contributed by atoms with E-state index in [1.807, 2.05) is 32.3 Å². The van der Waals surface area contributed by atoms with Gasteiger partial charge in [-0.3, -0.25) is 4.79 Å². The molecule has 0 heterocycles. The second-order valence-corrected chi connectivity index (χ2v) is 5.28. The third-order valence-electron chi connectivity index (χ3n) is 2.88. The predicted molar refractivity (Wildman–Crippen MR) is 80.3 cm³/mol. The van der Waals surface area contributed by atoms with Crippen LogP contribution in [0.3, 0.4) is 0 Å². The molecule has 0 radical (unpaired) electrons. The van der Waals surface area contributed by atoms with Gasteiger partial charge in [0.15, 0.2) is 0 Å². The number of amides is 1. The number of benzene rings is 1. The molecule has 1 aromatic rings. The van der Waals surface area contributed by atoms with Gasteiger partial charge in [-0.25, -0.2) is 0 Å². The van der Waals surface area contributed by atoms with Gasteiger partial charge in [-0.2, -0.15) is 0 Å². The SMILES string of the molecule is CNCCCC(=O)N(C)Cc1ccc(OC)c(Br)c1. The van der Waals surface area contributed by atoms with Crippen LogP contribution in [-0.4, -0.2) is 38.6 Å². The molecule has 1 rings (SSSR count). The number of hydrogen-bond acceptors (Lipinski definition) is 3. The van der Waals surface area contributed by atoms with E-state index >= 15 is 0 Å². The average molecular weight is 329 g/mol.